The minimum atomic E-state index is -4.74. The smallest absolute Gasteiger partial charge is 0.419 e. The number of likely N-dealkylation sites (tertiary alicyclic amines) is 1. The summed E-state index contributed by atoms with van der Waals surface area (Å²) >= 11 is 0. The summed E-state index contributed by atoms with van der Waals surface area (Å²) in [4.78, 5) is 28.3. The van der Waals surface area contributed by atoms with Crippen molar-refractivity contribution < 1.29 is 41.4 Å². The molecule has 0 saturated carbocycles. The fourth-order valence-electron chi connectivity index (χ4n) is 3.23. The van der Waals surface area contributed by atoms with Gasteiger partial charge in [0.1, 0.15) is 12.4 Å². The molecule has 0 atom stereocenters. The van der Waals surface area contributed by atoms with E-state index in [2.05, 4.69) is 4.98 Å². The number of halogens is 5. The number of aliphatic carboxylic acids is 1. The fourth-order valence-corrected chi connectivity index (χ4v) is 3.23. The lowest BCUT2D eigenvalue weighted by molar-refractivity contribution is -0.139. The minimum Gasteiger partial charge on any atom is -0.489 e. The summed E-state index contributed by atoms with van der Waals surface area (Å²) in [6.45, 7) is -0.552. The van der Waals surface area contributed by atoms with Gasteiger partial charge in [0.05, 0.1) is 16.8 Å². The van der Waals surface area contributed by atoms with Gasteiger partial charge in [0, 0.05) is 43.8 Å². The number of piperidine rings is 1. The van der Waals surface area contributed by atoms with Crippen LogP contribution in [0.15, 0.2) is 48.7 Å². The number of rotatable bonds is 6. The lowest BCUT2D eigenvalue weighted by Gasteiger charge is -2.31. The van der Waals surface area contributed by atoms with E-state index in [1.165, 1.54) is 29.3 Å². The highest BCUT2D eigenvalue weighted by molar-refractivity contribution is 5.94. The molecule has 2 aromatic rings. The largest absolute Gasteiger partial charge is 0.489 e. The predicted octanol–water partition coefficient (Wildman–Crippen LogP) is 4.66. The van der Waals surface area contributed by atoms with E-state index in [1.54, 1.807) is 0 Å². The summed E-state index contributed by atoms with van der Waals surface area (Å²) in [5, 5.41) is 8.52. The van der Waals surface area contributed by atoms with Crippen molar-refractivity contribution in [2.24, 2.45) is 0 Å². The number of carboxylic acid groups (broad SMARTS) is 1. The summed E-state index contributed by atoms with van der Waals surface area (Å²) < 4.78 is 72.1. The molecule has 1 saturated heterocycles. The zero-order valence-electron chi connectivity index (χ0n) is 17.1. The van der Waals surface area contributed by atoms with Gasteiger partial charge in [-0.05, 0) is 36.4 Å². The van der Waals surface area contributed by atoms with Gasteiger partial charge in [-0.25, -0.2) is 13.6 Å². The highest BCUT2D eigenvalue weighted by Gasteiger charge is 2.36. The van der Waals surface area contributed by atoms with Crippen molar-refractivity contribution in [3.05, 3.63) is 59.8 Å². The van der Waals surface area contributed by atoms with E-state index in [4.69, 9.17) is 9.84 Å². The van der Waals surface area contributed by atoms with Crippen molar-refractivity contribution in [3.8, 4) is 17.0 Å². The summed E-state index contributed by atoms with van der Waals surface area (Å²) in [7, 11) is 0. The van der Waals surface area contributed by atoms with E-state index in [-0.39, 0.29) is 36.5 Å². The molecule has 0 unspecified atom stereocenters. The molecule has 11 heteroatoms. The van der Waals surface area contributed by atoms with Crippen LogP contribution in [0.5, 0.6) is 5.75 Å². The second-order valence-corrected chi connectivity index (χ2v) is 7.34. The number of aromatic nitrogens is 1. The second-order valence-electron chi connectivity index (χ2n) is 7.34. The highest BCUT2D eigenvalue weighted by atomic mass is 19.4. The van der Waals surface area contributed by atoms with Crippen molar-refractivity contribution in [3.63, 3.8) is 0 Å². The minimum absolute atomic E-state index is 0.0916. The Balaban J connectivity index is 1.77. The number of hydrogen-bond donors (Lipinski definition) is 1. The first kappa shape index (κ1) is 24.1. The van der Waals surface area contributed by atoms with Crippen LogP contribution in [0.3, 0.4) is 0 Å². The van der Waals surface area contributed by atoms with E-state index >= 15 is 0 Å². The molecule has 33 heavy (non-hydrogen) atoms. The van der Waals surface area contributed by atoms with Crippen LogP contribution in [0.2, 0.25) is 0 Å². The Kier molecular flexibility index (Phi) is 6.99. The average molecular weight is 470 g/mol. The topological polar surface area (TPSA) is 79.7 Å². The Bertz CT molecular complexity index is 1040. The average Bonchev–Trinajstić information content (AvgIpc) is 2.75. The van der Waals surface area contributed by atoms with Crippen LogP contribution in [0.1, 0.15) is 28.8 Å². The van der Waals surface area contributed by atoms with Crippen LogP contribution in [-0.4, -0.2) is 52.5 Å². The van der Waals surface area contributed by atoms with Crippen LogP contribution >= 0.6 is 0 Å². The molecule has 0 bridgehead atoms. The molecule has 0 radical (unpaired) electrons. The molecule has 1 aliphatic heterocycles. The van der Waals surface area contributed by atoms with Crippen molar-refractivity contribution in [2.45, 2.75) is 24.9 Å². The SMILES string of the molecule is O=C(O)C=CCOc1ccc(-c2ccc(C(=O)N3CCC(F)(F)CC3)cn2)cc1C(F)(F)F. The summed E-state index contributed by atoms with van der Waals surface area (Å²) in [6, 6.07) is 6.04. The third-order valence-corrected chi connectivity index (χ3v) is 4.97. The number of pyridine rings is 1. The number of nitrogens with zero attached hydrogens (tertiary/aromatic N) is 2. The zero-order chi connectivity index (χ0) is 24.2. The van der Waals surface area contributed by atoms with Gasteiger partial charge in [0.25, 0.3) is 11.8 Å². The van der Waals surface area contributed by atoms with Crippen LogP contribution in [0, 0.1) is 0 Å². The van der Waals surface area contributed by atoms with Crippen LogP contribution in [0.4, 0.5) is 22.0 Å². The Morgan fingerprint density at radius 2 is 1.85 bits per heavy atom. The van der Waals surface area contributed by atoms with Gasteiger partial charge in [-0.3, -0.25) is 9.78 Å². The standard InChI is InChI=1S/C22H19F5N2O4/c23-21(24)7-9-29(10-8-21)20(32)15-3-5-17(28-13-15)14-4-6-18(16(12-14)22(25,26)27)33-11-1-2-19(30)31/h1-6,12-13H,7-11H2,(H,30,31). The van der Waals surface area contributed by atoms with E-state index in [9.17, 15) is 31.5 Å². The third-order valence-electron chi connectivity index (χ3n) is 4.97. The quantitative estimate of drug-likeness (QED) is 0.491. The Hall–Kier alpha value is -3.50. The molecule has 176 valence electrons. The molecule has 1 aliphatic rings. The Labute approximate surface area is 185 Å². The van der Waals surface area contributed by atoms with Crippen molar-refractivity contribution in [1.29, 1.82) is 0 Å². The number of amides is 1. The van der Waals surface area contributed by atoms with Crippen LogP contribution < -0.4 is 4.74 Å². The van der Waals surface area contributed by atoms with Gasteiger partial charge >= 0.3 is 12.1 Å². The van der Waals surface area contributed by atoms with Crippen molar-refractivity contribution in [1.82, 2.24) is 9.88 Å². The van der Waals surface area contributed by atoms with E-state index in [0.717, 1.165) is 24.3 Å². The maximum Gasteiger partial charge on any atom is 0.419 e. The molecule has 1 amide bonds. The van der Waals surface area contributed by atoms with E-state index in [1.807, 2.05) is 0 Å². The molecule has 6 nitrogen and oxygen atoms in total. The monoisotopic (exact) mass is 470 g/mol. The molecule has 1 aromatic carbocycles. The fraction of sp³-hybridized carbons (Fsp3) is 0.318. The molecule has 0 spiro atoms. The van der Waals surface area contributed by atoms with Gasteiger partial charge in [0.15, 0.2) is 0 Å². The second kappa shape index (κ2) is 9.55. The van der Waals surface area contributed by atoms with Gasteiger partial charge in [-0.15, -0.1) is 0 Å². The Morgan fingerprint density at radius 3 is 2.42 bits per heavy atom. The number of alkyl halides is 5. The zero-order valence-corrected chi connectivity index (χ0v) is 17.1. The Morgan fingerprint density at radius 1 is 1.15 bits per heavy atom. The molecule has 1 fully saturated rings. The molecule has 0 aliphatic carbocycles. The molecule has 3 rings (SSSR count). The van der Waals surface area contributed by atoms with E-state index < -0.39 is 48.1 Å². The van der Waals surface area contributed by atoms with Gasteiger partial charge in [-0.2, -0.15) is 13.2 Å². The molecular weight excluding hydrogens is 451 g/mol. The van der Waals surface area contributed by atoms with Crippen LogP contribution in [0.25, 0.3) is 11.3 Å². The predicted molar refractivity (Wildman–Crippen MR) is 107 cm³/mol. The molecule has 1 N–H and O–H groups in total. The summed E-state index contributed by atoms with van der Waals surface area (Å²) in [5.41, 5.74) is -0.642. The summed E-state index contributed by atoms with van der Waals surface area (Å²) in [6.07, 6.45) is -2.58. The normalized spacial score (nSPS) is 16.1. The van der Waals surface area contributed by atoms with E-state index in [0.29, 0.717) is 0 Å². The molecule has 1 aromatic heterocycles. The van der Waals surface area contributed by atoms with Crippen LogP contribution in [-0.2, 0) is 11.0 Å². The summed E-state index contributed by atoms with van der Waals surface area (Å²) in [5.74, 6) is -5.00. The number of carbonyl (C=O) groups excluding carboxylic acids is 1. The van der Waals surface area contributed by atoms with Crippen molar-refractivity contribution >= 4 is 11.9 Å². The third kappa shape index (κ3) is 6.27. The number of carbonyl (C=O) groups is 2. The van der Waals surface area contributed by atoms with Crippen molar-refractivity contribution in [2.75, 3.05) is 19.7 Å². The number of benzene rings is 1. The highest BCUT2D eigenvalue weighted by Crippen LogP contribution is 2.38. The lowest BCUT2D eigenvalue weighted by Crippen LogP contribution is -2.42. The first-order valence-corrected chi connectivity index (χ1v) is 9.83. The number of hydrogen-bond acceptors (Lipinski definition) is 4. The molecular formula is C22H19F5N2O4. The number of ether oxygens (including phenoxy) is 1. The maximum atomic E-state index is 13.5. The maximum absolute atomic E-state index is 13.5. The molecule has 2 heterocycles. The lowest BCUT2D eigenvalue weighted by atomic mass is 10.0. The van der Waals surface area contributed by atoms with Gasteiger partial charge in [0.2, 0.25) is 0 Å². The first-order chi connectivity index (χ1) is 15.5. The number of carboxylic acids is 1. The van der Waals surface area contributed by atoms with Gasteiger partial charge in [-0.1, -0.05) is 0 Å². The first-order valence-electron chi connectivity index (χ1n) is 9.83. The van der Waals surface area contributed by atoms with Gasteiger partial charge < -0.3 is 14.7 Å².